The van der Waals surface area contributed by atoms with Crippen LogP contribution in [0.1, 0.15) is 12.0 Å². The van der Waals surface area contributed by atoms with Gasteiger partial charge in [0.25, 0.3) is 5.91 Å². The van der Waals surface area contributed by atoms with E-state index in [0.29, 0.717) is 22.0 Å². The number of allylic oxidation sites excluding steroid dienone is 2. The molecule has 1 radical (unpaired) electrons. The number of nitrogens with zero attached hydrogens (tertiary/aromatic N) is 1. The summed E-state index contributed by atoms with van der Waals surface area (Å²) in [6.45, 7) is 0. The number of rotatable bonds is 2. The number of urea groups is 1. The van der Waals surface area contributed by atoms with Crippen molar-refractivity contribution in [3.8, 4) is 0 Å². The third kappa shape index (κ3) is 2.06. The predicted molar refractivity (Wildman–Crippen MR) is 85.6 cm³/mol. The molecule has 1 aliphatic heterocycles. The maximum atomic E-state index is 12.7. The van der Waals surface area contributed by atoms with Crippen LogP contribution in [0.2, 0.25) is 10.0 Å². The number of benzene rings is 1. The van der Waals surface area contributed by atoms with Crippen molar-refractivity contribution in [2.24, 2.45) is 0 Å². The quantitative estimate of drug-likeness (QED) is 0.841. The molecule has 6 heteroatoms. The van der Waals surface area contributed by atoms with Gasteiger partial charge in [0.05, 0.1) is 10.0 Å². The molecule has 0 spiro atoms. The zero-order chi connectivity index (χ0) is 15.9. The van der Waals surface area contributed by atoms with Crippen molar-refractivity contribution in [2.45, 2.75) is 12.0 Å². The van der Waals surface area contributed by atoms with Crippen LogP contribution in [0, 0.1) is 6.42 Å². The SMILES string of the molecule is CN1C(=O)NC(=O)C1(C1=CC[CH]C=C1)c1ccc(Cl)c(Cl)c1. The highest BCUT2D eigenvalue weighted by Gasteiger charge is 2.54. The lowest BCUT2D eigenvalue weighted by molar-refractivity contribution is -0.124. The fourth-order valence-electron chi connectivity index (χ4n) is 2.90. The minimum atomic E-state index is -1.23. The molecule has 4 nitrogen and oxygen atoms in total. The Morgan fingerprint density at radius 3 is 2.55 bits per heavy atom. The van der Waals surface area contributed by atoms with Gasteiger partial charge in [-0.25, -0.2) is 4.79 Å². The number of carbonyl (C=O) groups excluding carboxylic acids is 2. The lowest BCUT2D eigenvalue weighted by Gasteiger charge is -2.35. The fourth-order valence-corrected chi connectivity index (χ4v) is 3.19. The van der Waals surface area contributed by atoms with Crippen molar-refractivity contribution in [2.75, 3.05) is 7.05 Å². The second-order valence-corrected chi connectivity index (χ2v) is 5.96. The molecule has 2 aliphatic rings. The Kier molecular flexibility index (Phi) is 3.75. The van der Waals surface area contributed by atoms with E-state index in [1.165, 1.54) is 4.90 Å². The zero-order valence-corrected chi connectivity index (χ0v) is 13.3. The van der Waals surface area contributed by atoms with Crippen LogP contribution in [-0.4, -0.2) is 23.9 Å². The molecular formula is C16H13Cl2N2O2. The molecule has 1 aliphatic carbocycles. The number of likely N-dealkylation sites (N-methyl/N-ethyl adjacent to an activating group) is 1. The van der Waals surface area contributed by atoms with Crippen molar-refractivity contribution in [3.05, 3.63) is 64.0 Å². The van der Waals surface area contributed by atoms with E-state index in [9.17, 15) is 9.59 Å². The van der Waals surface area contributed by atoms with Crippen LogP contribution in [0.4, 0.5) is 4.79 Å². The maximum absolute atomic E-state index is 12.7. The summed E-state index contributed by atoms with van der Waals surface area (Å²) in [6.07, 6.45) is 8.31. The van der Waals surface area contributed by atoms with Gasteiger partial charge in [-0.05, 0) is 36.1 Å². The molecule has 1 saturated heterocycles. The van der Waals surface area contributed by atoms with Crippen LogP contribution >= 0.6 is 23.2 Å². The molecule has 1 atom stereocenters. The Morgan fingerprint density at radius 1 is 1.23 bits per heavy atom. The third-order valence-corrected chi connectivity index (χ3v) is 4.74. The Hall–Kier alpha value is -1.78. The first kappa shape index (κ1) is 15.1. The van der Waals surface area contributed by atoms with Gasteiger partial charge in [0.2, 0.25) is 0 Å². The summed E-state index contributed by atoms with van der Waals surface area (Å²) < 4.78 is 0. The van der Waals surface area contributed by atoms with E-state index in [1.54, 1.807) is 25.2 Å². The van der Waals surface area contributed by atoms with Crippen LogP contribution in [0.15, 0.2) is 42.0 Å². The molecule has 1 unspecified atom stereocenters. The zero-order valence-electron chi connectivity index (χ0n) is 11.8. The number of halogens is 2. The van der Waals surface area contributed by atoms with Gasteiger partial charge < -0.3 is 4.90 Å². The summed E-state index contributed by atoms with van der Waals surface area (Å²) >= 11 is 12.1. The highest BCUT2D eigenvalue weighted by molar-refractivity contribution is 6.42. The summed E-state index contributed by atoms with van der Waals surface area (Å²) in [6, 6.07) is 4.53. The van der Waals surface area contributed by atoms with E-state index >= 15 is 0 Å². The molecule has 3 amide bonds. The smallest absolute Gasteiger partial charge is 0.305 e. The highest BCUT2D eigenvalue weighted by atomic mass is 35.5. The van der Waals surface area contributed by atoms with E-state index in [0.717, 1.165) is 5.57 Å². The lowest BCUT2D eigenvalue weighted by Crippen LogP contribution is -2.46. The van der Waals surface area contributed by atoms with Crippen molar-refractivity contribution >= 4 is 35.1 Å². The molecule has 1 aromatic rings. The molecule has 0 bridgehead atoms. The topological polar surface area (TPSA) is 49.4 Å². The van der Waals surface area contributed by atoms with Gasteiger partial charge in [-0.15, -0.1) is 0 Å². The van der Waals surface area contributed by atoms with Gasteiger partial charge >= 0.3 is 6.03 Å². The van der Waals surface area contributed by atoms with Crippen LogP contribution in [-0.2, 0) is 10.3 Å². The molecule has 1 heterocycles. The fraction of sp³-hybridized carbons (Fsp3) is 0.188. The molecule has 0 saturated carbocycles. The number of hydrogen-bond acceptors (Lipinski definition) is 2. The number of hydrogen-bond donors (Lipinski definition) is 1. The molecule has 22 heavy (non-hydrogen) atoms. The average Bonchev–Trinajstić information content (AvgIpc) is 2.74. The summed E-state index contributed by atoms with van der Waals surface area (Å²) in [7, 11) is 1.59. The van der Waals surface area contributed by atoms with Crippen LogP contribution in [0.25, 0.3) is 0 Å². The Bertz CT molecular complexity index is 727. The Balaban J connectivity index is 2.25. The largest absolute Gasteiger partial charge is 0.325 e. The Morgan fingerprint density at radius 2 is 2.00 bits per heavy atom. The molecule has 3 rings (SSSR count). The molecular weight excluding hydrogens is 323 g/mol. The molecule has 1 fully saturated rings. The van der Waals surface area contributed by atoms with E-state index in [1.807, 2.05) is 24.6 Å². The second-order valence-electron chi connectivity index (χ2n) is 5.15. The van der Waals surface area contributed by atoms with Crippen molar-refractivity contribution in [1.82, 2.24) is 10.2 Å². The minimum Gasteiger partial charge on any atom is -0.305 e. The van der Waals surface area contributed by atoms with Crippen molar-refractivity contribution in [1.29, 1.82) is 0 Å². The number of imide groups is 1. The third-order valence-electron chi connectivity index (χ3n) is 4.00. The van der Waals surface area contributed by atoms with E-state index in [-0.39, 0.29) is 0 Å². The highest BCUT2D eigenvalue weighted by Crippen LogP contribution is 2.42. The Labute approximate surface area is 138 Å². The van der Waals surface area contributed by atoms with E-state index in [2.05, 4.69) is 5.32 Å². The molecule has 1 N–H and O–H groups in total. The van der Waals surface area contributed by atoms with Gasteiger partial charge in [-0.1, -0.05) is 47.5 Å². The van der Waals surface area contributed by atoms with Gasteiger partial charge in [0, 0.05) is 7.05 Å². The van der Waals surface area contributed by atoms with Crippen LogP contribution in [0.5, 0.6) is 0 Å². The summed E-state index contributed by atoms with van der Waals surface area (Å²) in [4.78, 5) is 26.1. The monoisotopic (exact) mass is 335 g/mol. The minimum absolute atomic E-state index is 0.339. The first-order valence-electron chi connectivity index (χ1n) is 6.73. The average molecular weight is 336 g/mol. The summed E-state index contributed by atoms with van der Waals surface area (Å²) in [5, 5.41) is 3.11. The van der Waals surface area contributed by atoms with Gasteiger partial charge in [0.15, 0.2) is 5.54 Å². The van der Waals surface area contributed by atoms with Gasteiger partial charge in [-0.2, -0.15) is 0 Å². The van der Waals surface area contributed by atoms with Gasteiger partial charge in [0.1, 0.15) is 0 Å². The van der Waals surface area contributed by atoms with E-state index in [4.69, 9.17) is 23.2 Å². The van der Waals surface area contributed by atoms with E-state index < -0.39 is 17.5 Å². The molecule has 113 valence electrons. The van der Waals surface area contributed by atoms with Crippen molar-refractivity contribution in [3.63, 3.8) is 0 Å². The number of amides is 3. The number of carbonyl (C=O) groups is 2. The predicted octanol–water partition coefficient (Wildman–Crippen LogP) is 3.46. The first-order chi connectivity index (χ1) is 10.5. The lowest BCUT2D eigenvalue weighted by atomic mass is 9.79. The normalized spacial score (nSPS) is 24.5. The molecule has 1 aromatic carbocycles. The van der Waals surface area contributed by atoms with Gasteiger partial charge in [-0.3, -0.25) is 10.1 Å². The second kappa shape index (κ2) is 5.45. The van der Waals surface area contributed by atoms with Crippen molar-refractivity contribution < 1.29 is 9.59 Å². The standard InChI is InChI=1S/C16H13Cl2N2O2/c1-20-15(22)19-14(21)16(20,10-5-3-2-4-6-10)11-7-8-12(17)13(18)9-11/h2-3,5-9H,4H2,1H3,(H,19,21,22). The number of nitrogens with one attached hydrogen (secondary N) is 1. The first-order valence-corrected chi connectivity index (χ1v) is 7.49. The maximum Gasteiger partial charge on any atom is 0.325 e. The summed E-state index contributed by atoms with van der Waals surface area (Å²) in [5.74, 6) is -0.392. The molecule has 0 aromatic heterocycles. The summed E-state index contributed by atoms with van der Waals surface area (Å²) in [5.41, 5.74) is 0.112. The van der Waals surface area contributed by atoms with Crippen LogP contribution < -0.4 is 5.32 Å². The van der Waals surface area contributed by atoms with Crippen LogP contribution in [0.3, 0.4) is 0 Å².